The van der Waals surface area contributed by atoms with Crippen LogP contribution >= 0.6 is 0 Å². The second kappa shape index (κ2) is 12.3. The first-order chi connectivity index (χ1) is 13.2. The summed E-state index contributed by atoms with van der Waals surface area (Å²) in [6, 6.07) is 15.5. The van der Waals surface area contributed by atoms with Crippen LogP contribution in [0.25, 0.3) is 0 Å². The van der Waals surface area contributed by atoms with E-state index in [4.69, 9.17) is 28.4 Å². The van der Waals surface area contributed by atoms with Crippen LogP contribution in [-0.4, -0.2) is 40.5 Å². The number of hydrogen-bond donors (Lipinski definition) is 0. The van der Waals surface area contributed by atoms with Gasteiger partial charge in [0.05, 0.1) is 40.1 Å². The van der Waals surface area contributed by atoms with Crippen molar-refractivity contribution in [3.63, 3.8) is 0 Å². The van der Waals surface area contributed by atoms with Crippen LogP contribution in [0, 0.1) is 0 Å². The normalized spacial score (nSPS) is 12.0. The number of rotatable bonds is 13. The Kier molecular flexibility index (Phi) is 9.65. The fraction of sp³-hybridized carbons (Fsp3) is 0.429. The molecule has 27 heavy (non-hydrogen) atoms. The molecular weight excluding hydrogens is 348 g/mol. The van der Waals surface area contributed by atoms with Gasteiger partial charge in [0.2, 0.25) is 0 Å². The molecule has 6 nitrogen and oxygen atoms in total. The maximum Gasteiger partial charge on any atom is 0.147 e. The van der Waals surface area contributed by atoms with Gasteiger partial charge >= 0.3 is 0 Å². The summed E-state index contributed by atoms with van der Waals surface area (Å²) in [6.45, 7) is 3.77. The van der Waals surface area contributed by atoms with Gasteiger partial charge in [0, 0.05) is 0 Å². The van der Waals surface area contributed by atoms with E-state index >= 15 is 0 Å². The third-order valence-electron chi connectivity index (χ3n) is 3.81. The van der Waals surface area contributed by atoms with Crippen molar-refractivity contribution < 1.29 is 28.4 Å². The lowest BCUT2D eigenvalue weighted by atomic mass is 10.2. The summed E-state index contributed by atoms with van der Waals surface area (Å²) in [5.74, 6) is 1.66. The van der Waals surface area contributed by atoms with Gasteiger partial charge in [-0.2, -0.15) is 0 Å². The summed E-state index contributed by atoms with van der Waals surface area (Å²) in [5, 5.41) is 0. The highest BCUT2D eigenvalue weighted by atomic mass is 16.7. The van der Waals surface area contributed by atoms with Crippen molar-refractivity contribution in [1.82, 2.24) is 0 Å². The van der Waals surface area contributed by atoms with Gasteiger partial charge in [0.25, 0.3) is 0 Å². The zero-order valence-electron chi connectivity index (χ0n) is 16.2. The predicted octanol–water partition coefficient (Wildman–Crippen LogP) is 3.77. The number of hydrogen-bond acceptors (Lipinski definition) is 6. The standard InChI is InChI=1S/C21H28O6/c1-17(27-16-26-14-19-6-10-21(23-3)11-7-19)12-24-15-25-13-18-4-8-20(22-2)9-5-18/h4-11,17H,12-16H2,1-3H3/t17-/m1/s1. The maximum absolute atomic E-state index is 5.56. The lowest BCUT2D eigenvalue weighted by Gasteiger charge is -2.14. The molecule has 148 valence electrons. The van der Waals surface area contributed by atoms with Gasteiger partial charge in [0.1, 0.15) is 25.1 Å². The predicted molar refractivity (Wildman–Crippen MR) is 102 cm³/mol. The van der Waals surface area contributed by atoms with E-state index in [-0.39, 0.29) is 19.7 Å². The molecular formula is C21H28O6. The highest BCUT2D eigenvalue weighted by molar-refractivity contribution is 5.27. The highest BCUT2D eigenvalue weighted by Gasteiger charge is 2.03. The topological polar surface area (TPSA) is 55.4 Å². The number of methoxy groups -OCH3 is 2. The molecule has 0 radical (unpaired) electrons. The molecule has 0 aliphatic rings. The van der Waals surface area contributed by atoms with Gasteiger partial charge in [-0.05, 0) is 42.3 Å². The van der Waals surface area contributed by atoms with E-state index in [0.717, 1.165) is 22.6 Å². The third-order valence-corrected chi connectivity index (χ3v) is 3.81. The molecule has 0 aliphatic heterocycles. The minimum atomic E-state index is -0.0783. The SMILES string of the molecule is COc1ccc(COCOC[C@@H](C)OCOCc2ccc(OC)cc2)cc1. The molecule has 0 N–H and O–H groups in total. The lowest BCUT2D eigenvalue weighted by molar-refractivity contribution is -0.133. The Morgan fingerprint density at radius 2 is 1.15 bits per heavy atom. The van der Waals surface area contributed by atoms with Crippen molar-refractivity contribution in [2.75, 3.05) is 34.4 Å². The van der Waals surface area contributed by atoms with Crippen LogP contribution in [0.5, 0.6) is 11.5 Å². The number of benzene rings is 2. The molecule has 0 spiro atoms. The van der Waals surface area contributed by atoms with Crippen LogP contribution in [0.15, 0.2) is 48.5 Å². The van der Waals surface area contributed by atoms with Gasteiger partial charge < -0.3 is 28.4 Å². The zero-order chi connectivity index (χ0) is 19.3. The van der Waals surface area contributed by atoms with Crippen LogP contribution in [0.3, 0.4) is 0 Å². The Morgan fingerprint density at radius 3 is 1.63 bits per heavy atom. The maximum atomic E-state index is 5.56. The smallest absolute Gasteiger partial charge is 0.147 e. The molecule has 0 amide bonds. The molecule has 1 atom stereocenters. The van der Waals surface area contributed by atoms with Gasteiger partial charge in [0.15, 0.2) is 0 Å². The largest absolute Gasteiger partial charge is 0.497 e. The molecule has 0 saturated heterocycles. The summed E-state index contributed by atoms with van der Waals surface area (Å²) in [6.07, 6.45) is -0.0783. The molecule has 2 aromatic carbocycles. The average molecular weight is 376 g/mol. The van der Waals surface area contributed by atoms with Gasteiger partial charge in [-0.15, -0.1) is 0 Å². The third kappa shape index (κ3) is 8.41. The molecule has 0 unspecified atom stereocenters. The summed E-state index contributed by atoms with van der Waals surface area (Å²) in [7, 11) is 3.29. The van der Waals surface area contributed by atoms with E-state index in [1.54, 1.807) is 14.2 Å². The van der Waals surface area contributed by atoms with Crippen LogP contribution in [0.4, 0.5) is 0 Å². The van der Waals surface area contributed by atoms with E-state index in [9.17, 15) is 0 Å². The second-order valence-electron chi connectivity index (χ2n) is 5.98. The lowest BCUT2D eigenvalue weighted by Crippen LogP contribution is -2.18. The zero-order valence-corrected chi connectivity index (χ0v) is 16.2. The van der Waals surface area contributed by atoms with Crippen LogP contribution < -0.4 is 9.47 Å². The van der Waals surface area contributed by atoms with Gasteiger partial charge in [-0.1, -0.05) is 24.3 Å². The van der Waals surface area contributed by atoms with Crippen LogP contribution in [0.2, 0.25) is 0 Å². The molecule has 6 heteroatoms. The molecule has 0 aromatic heterocycles. The van der Waals surface area contributed by atoms with Crippen molar-refractivity contribution in [3.8, 4) is 11.5 Å². The average Bonchev–Trinajstić information content (AvgIpc) is 2.72. The van der Waals surface area contributed by atoms with Gasteiger partial charge in [-0.25, -0.2) is 0 Å². The Hall–Kier alpha value is -2.12. The molecule has 2 rings (SSSR count). The Bertz CT molecular complexity index is 626. The fourth-order valence-electron chi connectivity index (χ4n) is 2.25. The molecule has 0 saturated carbocycles. The van der Waals surface area contributed by atoms with Crippen molar-refractivity contribution in [3.05, 3.63) is 59.7 Å². The molecule has 0 fully saturated rings. The van der Waals surface area contributed by atoms with Crippen LogP contribution in [-0.2, 0) is 32.2 Å². The Balaban J connectivity index is 1.48. The monoisotopic (exact) mass is 376 g/mol. The first-order valence-electron chi connectivity index (χ1n) is 8.82. The van der Waals surface area contributed by atoms with E-state index in [0.29, 0.717) is 19.8 Å². The first-order valence-corrected chi connectivity index (χ1v) is 8.82. The van der Waals surface area contributed by atoms with Crippen LogP contribution in [0.1, 0.15) is 18.1 Å². The highest BCUT2D eigenvalue weighted by Crippen LogP contribution is 2.13. The van der Waals surface area contributed by atoms with E-state index in [1.165, 1.54) is 0 Å². The van der Waals surface area contributed by atoms with E-state index in [2.05, 4.69) is 0 Å². The molecule has 0 heterocycles. The van der Waals surface area contributed by atoms with E-state index in [1.807, 2.05) is 55.5 Å². The molecule has 0 bridgehead atoms. The quantitative estimate of drug-likeness (QED) is 0.392. The fourth-order valence-corrected chi connectivity index (χ4v) is 2.25. The second-order valence-corrected chi connectivity index (χ2v) is 5.98. The van der Waals surface area contributed by atoms with Crippen molar-refractivity contribution in [2.24, 2.45) is 0 Å². The van der Waals surface area contributed by atoms with Crippen molar-refractivity contribution in [2.45, 2.75) is 26.2 Å². The summed E-state index contributed by atoms with van der Waals surface area (Å²) >= 11 is 0. The Morgan fingerprint density at radius 1 is 0.667 bits per heavy atom. The van der Waals surface area contributed by atoms with Gasteiger partial charge in [-0.3, -0.25) is 0 Å². The minimum absolute atomic E-state index is 0.0783. The summed E-state index contributed by atoms with van der Waals surface area (Å²) < 4.78 is 32.3. The first kappa shape index (κ1) is 21.2. The molecule has 0 aliphatic carbocycles. The van der Waals surface area contributed by atoms with E-state index < -0.39 is 0 Å². The van der Waals surface area contributed by atoms with Crippen molar-refractivity contribution >= 4 is 0 Å². The van der Waals surface area contributed by atoms with Crippen molar-refractivity contribution in [1.29, 1.82) is 0 Å². The number of ether oxygens (including phenoxy) is 6. The summed E-state index contributed by atoms with van der Waals surface area (Å²) in [5.41, 5.74) is 2.13. The summed E-state index contributed by atoms with van der Waals surface area (Å²) in [4.78, 5) is 0. The molecule has 2 aromatic rings. The minimum Gasteiger partial charge on any atom is -0.497 e. The Labute approximate surface area is 160 Å².